The van der Waals surface area contributed by atoms with Gasteiger partial charge in [-0.05, 0) is 19.1 Å². The molecule has 0 aliphatic heterocycles. The number of hydrogen-bond donors (Lipinski definition) is 2. The zero-order valence-electron chi connectivity index (χ0n) is 10.7. The molecule has 2 amide bonds. The maximum absolute atomic E-state index is 11.8. The van der Waals surface area contributed by atoms with Gasteiger partial charge in [-0.2, -0.15) is 0 Å². The van der Waals surface area contributed by atoms with Gasteiger partial charge in [0.25, 0.3) is 5.91 Å². The van der Waals surface area contributed by atoms with E-state index in [-0.39, 0.29) is 33.7 Å². The Balaban J connectivity index is 2.72. The number of carbonyl (C=O) groups excluding carboxylic acids is 2. The van der Waals surface area contributed by atoms with Gasteiger partial charge in [0.15, 0.2) is 0 Å². The zero-order chi connectivity index (χ0) is 14.6. The number of benzene rings is 1. The summed E-state index contributed by atoms with van der Waals surface area (Å²) in [6, 6.07) is 2.82. The van der Waals surface area contributed by atoms with Crippen molar-refractivity contribution in [1.82, 2.24) is 10.2 Å². The Kier molecular flexibility index (Phi) is 5.44. The van der Waals surface area contributed by atoms with Crippen molar-refractivity contribution in [2.24, 2.45) is 0 Å². The van der Waals surface area contributed by atoms with Gasteiger partial charge in [-0.15, -0.1) is 0 Å². The van der Waals surface area contributed by atoms with Crippen LogP contribution in [0.3, 0.4) is 0 Å². The fourth-order valence-corrected chi connectivity index (χ4v) is 1.77. The van der Waals surface area contributed by atoms with Crippen molar-refractivity contribution in [2.75, 3.05) is 25.9 Å². The number of rotatable bonds is 4. The van der Waals surface area contributed by atoms with Crippen LogP contribution in [0.5, 0.6) is 0 Å². The first kappa shape index (κ1) is 15.6. The lowest BCUT2D eigenvalue weighted by Crippen LogP contribution is -2.38. The Hall–Kier alpha value is -1.46. The number of nitrogens with two attached hydrogens (primary N) is 1. The van der Waals surface area contributed by atoms with E-state index in [1.807, 2.05) is 6.92 Å². The summed E-state index contributed by atoms with van der Waals surface area (Å²) in [5.74, 6) is -0.606. The van der Waals surface area contributed by atoms with Crippen LogP contribution in [-0.2, 0) is 4.79 Å². The molecule has 7 heteroatoms. The monoisotopic (exact) mass is 303 g/mol. The lowest BCUT2D eigenvalue weighted by molar-refractivity contribution is -0.128. The van der Waals surface area contributed by atoms with Gasteiger partial charge in [0.2, 0.25) is 5.91 Å². The van der Waals surface area contributed by atoms with Gasteiger partial charge in [-0.25, -0.2) is 0 Å². The van der Waals surface area contributed by atoms with Crippen molar-refractivity contribution < 1.29 is 9.59 Å². The molecule has 0 bridgehead atoms. The van der Waals surface area contributed by atoms with Crippen LogP contribution in [0.4, 0.5) is 5.69 Å². The Morgan fingerprint density at radius 2 is 1.84 bits per heavy atom. The molecule has 0 saturated heterocycles. The second-order valence-electron chi connectivity index (χ2n) is 3.94. The van der Waals surface area contributed by atoms with Gasteiger partial charge in [-0.3, -0.25) is 9.59 Å². The van der Waals surface area contributed by atoms with Crippen LogP contribution in [0.25, 0.3) is 0 Å². The van der Waals surface area contributed by atoms with Gasteiger partial charge in [-0.1, -0.05) is 23.2 Å². The molecule has 3 N–H and O–H groups in total. The third-order valence-electron chi connectivity index (χ3n) is 2.64. The second-order valence-corrected chi connectivity index (χ2v) is 4.76. The van der Waals surface area contributed by atoms with E-state index in [0.29, 0.717) is 6.54 Å². The summed E-state index contributed by atoms with van der Waals surface area (Å²) in [6.07, 6.45) is 0. The molecule has 0 spiro atoms. The van der Waals surface area contributed by atoms with E-state index in [0.717, 1.165) is 0 Å². The first-order chi connectivity index (χ1) is 8.86. The quantitative estimate of drug-likeness (QED) is 0.833. The topological polar surface area (TPSA) is 75.4 Å². The summed E-state index contributed by atoms with van der Waals surface area (Å²) in [4.78, 5) is 24.9. The van der Waals surface area contributed by atoms with Crippen molar-refractivity contribution in [3.05, 3.63) is 27.7 Å². The number of hydrogen-bond acceptors (Lipinski definition) is 3. The molecule has 5 nitrogen and oxygen atoms in total. The molecule has 0 saturated carbocycles. The lowest BCUT2D eigenvalue weighted by atomic mass is 10.2. The fourth-order valence-electron chi connectivity index (χ4n) is 1.28. The van der Waals surface area contributed by atoms with E-state index in [9.17, 15) is 9.59 Å². The molecule has 0 aliphatic carbocycles. The first-order valence-corrected chi connectivity index (χ1v) is 6.39. The van der Waals surface area contributed by atoms with E-state index in [1.165, 1.54) is 17.0 Å². The molecule has 0 aliphatic rings. The highest BCUT2D eigenvalue weighted by Gasteiger charge is 2.13. The summed E-state index contributed by atoms with van der Waals surface area (Å²) in [7, 11) is 1.66. The molecule has 0 atom stereocenters. The minimum Gasteiger partial charge on any atom is -0.396 e. The Morgan fingerprint density at radius 3 is 2.32 bits per heavy atom. The summed E-state index contributed by atoms with van der Waals surface area (Å²) >= 11 is 11.7. The molecule has 1 aromatic carbocycles. The van der Waals surface area contributed by atoms with Crippen LogP contribution in [0.15, 0.2) is 12.1 Å². The van der Waals surface area contributed by atoms with Crippen molar-refractivity contribution >= 4 is 40.7 Å². The molecule has 0 radical (unpaired) electrons. The number of anilines is 1. The molecule has 19 heavy (non-hydrogen) atoms. The van der Waals surface area contributed by atoms with Crippen molar-refractivity contribution in [3.8, 4) is 0 Å². The van der Waals surface area contributed by atoms with E-state index in [1.54, 1.807) is 7.05 Å². The smallest absolute Gasteiger partial charge is 0.251 e. The Morgan fingerprint density at radius 1 is 1.32 bits per heavy atom. The van der Waals surface area contributed by atoms with Gasteiger partial charge >= 0.3 is 0 Å². The Labute approximate surface area is 121 Å². The van der Waals surface area contributed by atoms with Gasteiger partial charge in [0, 0.05) is 19.2 Å². The molecule has 0 heterocycles. The highest BCUT2D eigenvalue weighted by Crippen LogP contribution is 2.28. The number of amides is 2. The van der Waals surface area contributed by atoms with E-state index in [2.05, 4.69) is 5.32 Å². The van der Waals surface area contributed by atoms with E-state index < -0.39 is 5.91 Å². The average Bonchev–Trinajstić information content (AvgIpc) is 2.39. The summed E-state index contributed by atoms with van der Waals surface area (Å²) in [6.45, 7) is 2.34. The molecule has 1 rings (SSSR count). The molecule has 0 fully saturated rings. The van der Waals surface area contributed by atoms with Crippen LogP contribution < -0.4 is 11.1 Å². The van der Waals surface area contributed by atoms with Crippen molar-refractivity contribution in [3.63, 3.8) is 0 Å². The number of halogens is 2. The second kappa shape index (κ2) is 6.63. The molecule has 1 aromatic rings. The lowest BCUT2D eigenvalue weighted by Gasteiger charge is -2.14. The molecular weight excluding hydrogens is 289 g/mol. The maximum atomic E-state index is 11.8. The fraction of sp³-hybridized carbons (Fsp3) is 0.333. The molecular formula is C12H15Cl2N3O2. The van der Waals surface area contributed by atoms with Crippen LogP contribution >= 0.6 is 23.2 Å². The SMILES string of the molecule is CCN(C)C(=O)CNC(=O)c1cc(Cl)c(N)c(Cl)c1. The number of carbonyl (C=O) groups is 2. The standard InChI is InChI=1S/C12H15Cl2N3O2/c1-3-17(2)10(18)6-16-12(19)7-4-8(13)11(15)9(14)5-7/h4-5H,3,6,15H2,1-2H3,(H,16,19). The molecule has 0 aromatic heterocycles. The largest absolute Gasteiger partial charge is 0.396 e. The predicted octanol–water partition coefficient (Wildman–Crippen LogP) is 1.78. The normalized spacial score (nSPS) is 10.1. The number of nitrogen functional groups attached to an aromatic ring is 1. The highest BCUT2D eigenvalue weighted by molar-refractivity contribution is 6.39. The third kappa shape index (κ3) is 4.01. The van der Waals surface area contributed by atoms with Crippen LogP contribution in [-0.4, -0.2) is 36.9 Å². The van der Waals surface area contributed by atoms with Gasteiger partial charge in [0.05, 0.1) is 22.3 Å². The highest BCUT2D eigenvalue weighted by atomic mass is 35.5. The van der Waals surface area contributed by atoms with Crippen LogP contribution in [0.2, 0.25) is 10.0 Å². The van der Waals surface area contributed by atoms with Crippen molar-refractivity contribution in [2.45, 2.75) is 6.92 Å². The summed E-state index contributed by atoms with van der Waals surface area (Å²) < 4.78 is 0. The minimum atomic E-state index is -0.429. The molecule has 0 unspecified atom stereocenters. The van der Waals surface area contributed by atoms with Crippen molar-refractivity contribution in [1.29, 1.82) is 0 Å². The number of nitrogens with zero attached hydrogens (tertiary/aromatic N) is 1. The van der Waals surface area contributed by atoms with Crippen LogP contribution in [0, 0.1) is 0 Å². The van der Waals surface area contributed by atoms with Gasteiger partial charge in [0.1, 0.15) is 0 Å². The first-order valence-electron chi connectivity index (χ1n) is 5.63. The maximum Gasteiger partial charge on any atom is 0.251 e. The van der Waals surface area contributed by atoms with Gasteiger partial charge < -0.3 is 16.0 Å². The van der Waals surface area contributed by atoms with Crippen LogP contribution in [0.1, 0.15) is 17.3 Å². The minimum absolute atomic E-state index is 0.0806. The molecule has 104 valence electrons. The predicted molar refractivity (Wildman–Crippen MR) is 76.5 cm³/mol. The van der Waals surface area contributed by atoms with E-state index in [4.69, 9.17) is 28.9 Å². The number of likely N-dealkylation sites (N-methyl/N-ethyl adjacent to an activating group) is 1. The summed E-state index contributed by atoms with van der Waals surface area (Å²) in [5, 5.41) is 2.91. The third-order valence-corrected chi connectivity index (χ3v) is 3.27. The van der Waals surface area contributed by atoms with E-state index >= 15 is 0 Å². The summed E-state index contributed by atoms with van der Waals surface area (Å²) in [5.41, 5.74) is 6.06. The number of nitrogens with one attached hydrogen (secondary N) is 1. The average molecular weight is 304 g/mol. The Bertz CT molecular complexity index is 483. The zero-order valence-corrected chi connectivity index (χ0v) is 12.2.